The maximum absolute atomic E-state index is 12.8. The zero-order valence-corrected chi connectivity index (χ0v) is 14.5. The van der Waals surface area contributed by atoms with Crippen LogP contribution in [-0.2, 0) is 4.79 Å². The van der Waals surface area contributed by atoms with Gasteiger partial charge >= 0.3 is 0 Å². The molecule has 1 fully saturated rings. The largest absolute Gasteiger partial charge is 0.283 e. The number of carbonyl (C=O) groups excluding carboxylic acids is 1. The van der Waals surface area contributed by atoms with Crippen molar-refractivity contribution >= 4 is 50.5 Å². The zero-order chi connectivity index (χ0) is 15.8. The summed E-state index contributed by atoms with van der Waals surface area (Å²) in [6.45, 7) is 0. The second-order valence-electron chi connectivity index (χ2n) is 5.82. The molecule has 2 aromatic rings. The molecule has 0 N–H and O–H groups in total. The van der Waals surface area contributed by atoms with Crippen molar-refractivity contribution in [2.24, 2.45) is 4.99 Å². The van der Waals surface area contributed by atoms with Crippen molar-refractivity contribution in [2.45, 2.75) is 31.7 Å². The molecule has 1 aromatic heterocycles. The highest BCUT2D eigenvalue weighted by atomic mass is 32.2. The van der Waals surface area contributed by atoms with Crippen molar-refractivity contribution < 1.29 is 4.79 Å². The summed E-state index contributed by atoms with van der Waals surface area (Å²) in [5.74, 6) is 0.0469. The molecule has 4 rings (SSSR count). The van der Waals surface area contributed by atoms with Crippen molar-refractivity contribution in [3.8, 4) is 0 Å². The number of amides is 1. The molecule has 0 saturated heterocycles. The molecule has 2 aliphatic rings. The number of hydrogen-bond acceptors (Lipinski definition) is 5. The van der Waals surface area contributed by atoms with E-state index in [0.717, 1.165) is 33.8 Å². The average Bonchev–Trinajstić information content (AvgIpc) is 3.27. The number of nitrogens with zero attached hydrogens (tertiary/aromatic N) is 3. The molecule has 1 saturated carbocycles. The van der Waals surface area contributed by atoms with E-state index in [4.69, 9.17) is 0 Å². The van der Waals surface area contributed by atoms with Crippen molar-refractivity contribution in [3.05, 3.63) is 35.0 Å². The molecular formula is C17H17N3OS2. The maximum atomic E-state index is 12.8. The molecule has 0 unspecified atom stereocenters. The van der Waals surface area contributed by atoms with Gasteiger partial charge in [-0.05, 0) is 42.9 Å². The lowest BCUT2D eigenvalue weighted by atomic mass is 10.1. The maximum Gasteiger partial charge on any atom is 0.278 e. The van der Waals surface area contributed by atoms with Gasteiger partial charge < -0.3 is 0 Å². The molecule has 6 heteroatoms. The molecule has 1 aliphatic carbocycles. The minimum Gasteiger partial charge on any atom is -0.283 e. The Hall–Kier alpha value is -1.66. The Labute approximate surface area is 143 Å². The summed E-state index contributed by atoms with van der Waals surface area (Å²) in [7, 11) is 0. The number of amidine groups is 1. The molecule has 1 aromatic carbocycles. The summed E-state index contributed by atoms with van der Waals surface area (Å²) >= 11 is 3.17. The fraction of sp³-hybridized carbons (Fsp3) is 0.353. The van der Waals surface area contributed by atoms with Gasteiger partial charge in [0.1, 0.15) is 5.70 Å². The van der Waals surface area contributed by atoms with E-state index in [1.165, 1.54) is 12.8 Å². The van der Waals surface area contributed by atoms with E-state index in [0.29, 0.717) is 11.7 Å². The van der Waals surface area contributed by atoms with Crippen LogP contribution in [0.5, 0.6) is 0 Å². The first-order valence-electron chi connectivity index (χ1n) is 7.77. The van der Waals surface area contributed by atoms with Gasteiger partial charge in [0.05, 0.1) is 15.7 Å². The molecule has 0 radical (unpaired) electrons. The molecular weight excluding hydrogens is 326 g/mol. The Kier molecular flexibility index (Phi) is 3.95. The molecule has 1 aliphatic heterocycles. The number of hydrogen-bond donors (Lipinski definition) is 0. The molecule has 118 valence electrons. The molecule has 23 heavy (non-hydrogen) atoms. The second kappa shape index (κ2) is 6.09. The van der Waals surface area contributed by atoms with E-state index in [1.54, 1.807) is 23.1 Å². The van der Waals surface area contributed by atoms with E-state index in [9.17, 15) is 4.79 Å². The first-order valence-corrected chi connectivity index (χ1v) is 9.88. The summed E-state index contributed by atoms with van der Waals surface area (Å²) in [5, 5.41) is 0.840. The Morgan fingerprint density at radius 1 is 1.35 bits per heavy atom. The minimum atomic E-state index is 0.0469. The standard InChI is InChI=1S/C17H17N3OS2/c1-22-17-19-14(16(21)20(17)12-4-2-3-5-12)8-11-6-7-13-15(9-11)23-10-18-13/h6-10,12H,2-5H2,1H3/b14-8-. The molecule has 0 bridgehead atoms. The Morgan fingerprint density at radius 2 is 2.17 bits per heavy atom. The lowest BCUT2D eigenvalue weighted by molar-refractivity contribution is -0.123. The van der Waals surface area contributed by atoms with Crippen molar-refractivity contribution in [1.29, 1.82) is 0 Å². The van der Waals surface area contributed by atoms with Gasteiger partial charge in [0, 0.05) is 6.04 Å². The van der Waals surface area contributed by atoms with Crippen LogP contribution in [0.1, 0.15) is 31.2 Å². The first kappa shape index (κ1) is 14.9. The number of benzene rings is 1. The topological polar surface area (TPSA) is 45.6 Å². The van der Waals surface area contributed by atoms with E-state index >= 15 is 0 Å². The Morgan fingerprint density at radius 3 is 2.96 bits per heavy atom. The van der Waals surface area contributed by atoms with Crippen LogP contribution in [0.2, 0.25) is 0 Å². The lowest BCUT2D eigenvalue weighted by Gasteiger charge is -2.23. The van der Waals surface area contributed by atoms with Crippen molar-refractivity contribution in [2.75, 3.05) is 6.26 Å². The molecule has 2 heterocycles. The van der Waals surface area contributed by atoms with Gasteiger partial charge in [0.25, 0.3) is 5.91 Å². The van der Waals surface area contributed by atoms with Crippen molar-refractivity contribution in [1.82, 2.24) is 9.88 Å². The van der Waals surface area contributed by atoms with Gasteiger partial charge in [0.2, 0.25) is 0 Å². The Bertz CT molecular complexity index is 818. The van der Waals surface area contributed by atoms with Gasteiger partial charge in [-0.2, -0.15) is 0 Å². The van der Waals surface area contributed by atoms with Crippen LogP contribution in [0.4, 0.5) is 0 Å². The number of thioether (sulfide) groups is 1. The van der Waals surface area contributed by atoms with Crippen LogP contribution in [0, 0.1) is 0 Å². The van der Waals surface area contributed by atoms with Crippen LogP contribution in [0.15, 0.2) is 34.4 Å². The highest BCUT2D eigenvalue weighted by Crippen LogP contribution is 2.32. The van der Waals surface area contributed by atoms with E-state index < -0.39 is 0 Å². The number of thiazole rings is 1. The van der Waals surface area contributed by atoms with Gasteiger partial charge in [-0.15, -0.1) is 11.3 Å². The van der Waals surface area contributed by atoms with Crippen LogP contribution in [0.25, 0.3) is 16.3 Å². The average molecular weight is 343 g/mol. The molecule has 0 spiro atoms. The number of aliphatic imine (C=N–C) groups is 1. The number of aromatic nitrogens is 1. The highest BCUT2D eigenvalue weighted by Gasteiger charge is 2.36. The van der Waals surface area contributed by atoms with Gasteiger partial charge in [-0.25, -0.2) is 9.98 Å². The second-order valence-corrected chi connectivity index (χ2v) is 7.48. The van der Waals surface area contributed by atoms with Crippen LogP contribution < -0.4 is 0 Å². The monoisotopic (exact) mass is 343 g/mol. The third-order valence-corrected chi connectivity index (χ3v) is 5.84. The smallest absolute Gasteiger partial charge is 0.278 e. The number of fused-ring (bicyclic) bond motifs is 1. The lowest BCUT2D eigenvalue weighted by Crippen LogP contribution is -2.38. The van der Waals surface area contributed by atoms with Gasteiger partial charge in [-0.3, -0.25) is 9.69 Å². The number of carbonyl (C=O) groups is 1. The summed E-state index contributed by atoms with van der Waals surface area (Å²) in [4.78, 5) is 23.6. The summed E-state index contributed by atoms with van der Waals surface area (Å²) < 4.78 is 1.13. The SMILES string of the molecule is CSC1=N/C(=C\c2ccc3ncsc3c2)C(=O)N1C1CCCC1. The van der Waals surface area contributed by atoms with Crippen molar-refractivity contribution in [3.63, 3.8) is 0 Å². The fourth-order valence-electron chi connectivity index (χ4n) is 3.26. The summed E-state index contributed by atoms with van der Waals surface area (Å²) in [6.07, 6.45) is 8.47. The highest BCUT2D eigenvalue weighted by molar-refractivity contribution is 8.13. The number of rotatable bonds is 2. The van der Waals surface area contributed by atoms with E-state index in [-0.39, 0.29) is 5.91 Å². The normalized spacial score (nSPS) is 20.9. The third-order valence-electron chi connectivity index (χ3n) is 4.39. The van der Waals surface area contributed by atoms with Crippen LogP contribution in [0.3, 0.4) is 0 Å². The van der Waals surface area contributed by atoms with Crippen LogP contribution >= 0.6 is 23.1 Å². The Balaban J connectivity index is 1.67. The van der Waals surface area contributed by atoms with Gasteiger partial charge in [0.15, 0.2) is 5.17 Å². The predicted molar refractivity (Wildman–Crippen MR) is 97.6 cm³/mol. The van der Waals surface area contributed by atoms with E-state index in [2.05, 4.69) is 16.0 Å². The predicted octanol–water partition coefficient (Wildman–Crippen LogP) is 4.14. The summed E-state index contributed by atoms with van der Waals surface area (Å²) in [5.41, 5.74) is 4.39. The molecule has 4 nitrogen and oxygen atoms in total. The zero-order valence-electron chi connectivity index (χ0n) is 12.9. The fourth-order valence-corrected chi connectivity index (χ4v) is 4.60. The molecule has 1 amide bonds. The molecule has 0 atom stereocenters. The summed E-state index contributed by atoms with van der Waals surface area (Å²) in [6, 6.07) is 6.38. The van der Waals surface area contributed by atoms with Crippen LogP contribution in [-0.4, -0.2) is 33.3 Å². The van der Waals surface area contributed by atoms with E-state index in [1.807, 2.05) is 34.9 Å². The van der Waals surface area contributed by atoms with Gasteiger partial charge in [-0.1, -0.05) is 30.7 Å². The first-order chi connectivity index (χ1) is 11.3. The third kappa shape index (κ3) is 2.70. The minimum absolute atomic E-state index is 0.0469. The quantitative estimate of drug-likeness (QED) is 0.770.